The summed E-state index contributed by atoms with van der Waals surface area (Å²) in [5.74, 6) is 0. The third-order valence-corrected chi connectivity index (χ3v) is 1.24. The normalized spacial score (nSPS) is 9.12. The number of nitrogens with zero attached hydrogens (tertiary/aromatic N) is 1. The molecule has 2 N–H and O–H groups in total. The van der Waals surface area contributed by atoms with Crippen LogP contribution >= 0.6 is 11.9 Å². The first-order valence-corrected chi connectivity index (χ1v) is 3.09. The summed E-state index contributed by atoms with van der Waals surface area (Å²) >= 11 is 1.16. The molecule has 0 spiro atoms. The van der Waals surface area contributed by atoms with E-state index in [1.165, 1.54) is 0 Å². The second-order valence-corrected chi connectivity index (χ2v) is 1.94. The molecule has 0 aliphatic rings. The molecule has 1 aromatic rings. The Morgan fingerprint density at radius 2 is 2.38 bits per heavy atom. The van der Waals surface area contributed by atoms with E-state index in [4.69, 9.17) is 5.14 Å². The quantitative estimate of drug-likeness (QED) is 0.571. The van der Waals surface area contributed by atoms with E-state index in [-0.39, 0.29) is 0 Å². The van der Waals surface area contributed by atoms with Crippen molar-refractivity contribution in [1.82, 2.24) is 4.98 Å². The van der Waals surface area contributed by atoms with Gasteiger partial charge in [0.05, 0.1) is 0 Å². The van der Waals surface area contributed by atoms with Crippen LogP contribution in [-0.2, 0) is 0 Å². The fourth-order valence-electron chi connectivity index (χ4n) is 0.417. The zero-order chi connectivity index (χ0) is 5.82. The molecule has 0 fully saturated rings. The van der Waals surface area contributed by atoms with Crippen molar-refractivity contribution in [3.63, 3.8) is 0 Å². The predicted octanol–water partition coefficient (Wildman–Crippen LogP) is 1.05. The Bertz CT molecular complexity index is 152. The summed E-state index contributed by atoms with van der Waals surface area (Å²) in [6, 6.07) is 5.63. The fourth-order valence-corrected chi connectivity index (χ4v) is 0.696. The molecule has 2 nitrogen and oxygen atoms in total. The molecule has 0 bridgehead atoms. The molecule has 0 unspecified atom stereocenters. The molecular formula is C5H6N2S. The van der Waals surface area contributed by atoms with E-state index in [0.29, 0.717) is 0 Å². The Hall–Kier alpha value is -0.540. The van der Waals surface area contributed by atoms with Crippen LogP contribution in [0.3, 0.4) is 0 Å². The zero-order valence-electron chi connectivity index (χ0n) is 4.24. The molecule has 0 saturated heterocycles. The van der Waals surface area contributed by atoms with Crippen molar-refractivity contribution in [3.05, 3.63) is 24.4 Å². The molecule has 0 amide bonds. The fraction of sp³-hybridized carbons (Fsp3) is 0. The van der Waals surface area contributed by atoms with Crippen LogP contribution < -0.4 is 5.14 Å². The summed E-state index contributed by atoms with van der Waals surface area (Å²) in [5.41, 5.74) is 0. The predicted molar refractivity (Wildman–Crippen MR) is 34.3 cm³/mol. The molecular weight excluding hydrogens is 120 g/mol. The second-order valence-electron chi connectivity index (χ2n) is 1.29. The van der Waals surface area contributed by atoms with E-state index < -0.39 is 0 Å². The Balaban J connectivity index is 2.83. The topological polar surface area (TPSA) is 38.9 Å². The molecule has 1 aromatic heterocycles. The number of nitrogens with two attached hydrogens (primary N) is 1. The highest BCUT2D eigenvalue weighted by molar-refractivity contribution is 7.97. The molecule has 0 atom stereocenters. The third kappa shape index (κ3) is 1.21. The second kappa shape index (κ2) is 2.69. The minimum atomic E-state index is 0.854. The van der Waals surface area contributed by atoms with E-state index in [0.717, 1.165) is 17.0 Å². The van der Waals surface area contributed by atoms with Gasteiger partial charge in [-0.25, -0.2) is 4.98 Å². The van der Waals surface area contributed by atoms with Gasteiger partial charge >= 0.3 is 0 Å². The highest BCUT2D eigenvalue weighted by atomic mass is 32.2. The van der Waals surface area contributed by atoms with E-state index in [9.17, 15) is 0 Å². The molecule has 0 aliphatic heterocycles. The lowest BCUT2D eigenvalue weighted by Crippen LogP contribution is -1.80. The van der Waals surface area contributed by atoms with Crippen molar-refractivity contribution in [2.75, 3.05) is 0 Å². The van der Waals surface area contributed by atoms with Crippen LogP contribution in [0.1, 0.15) is 0 Å². The first kappa shape index (κ1) is 5.59. The lowest BCUT2D eigenvalue weighted by Gasteiger charge is -1.87. The van der Waals surface area contributed by atoms with Crippen LogP contribution in [-0.4, -0.2) is 4.98 Å². The minimum Gasteiger partial charge on any atom is -0.272 e. The SMILES string of the molecule is NSc1ccccn1. The molecule has 42 valence electrons. The van der Waals surface area contributed by atoms with Crippen molar-refractivity contribution in [1.29, 1.82) is 0 Å². The van der Waals surface area contributed by atoms with E-state index in [2.05, 4.69) is 4.98 Å². The first-order chi connectivity index (χ1) is 3.93. The van der Waals surface area contributed by atoms with Crippen LogP contribution in [0, 0.1) is 0 Å². The summed E-state index contributed by atoms with van der Waals surface area (Å²) in [5, 5.41) is 6.06. The van der Waals surface area contributed by atoms with Crippen molar-refractivity contribution in [3.8, 4) is 0 Å². The van der Waals surface area contributed by atoms with Gasteiger partial charge in [-0.05, 0) is 24.1 Å². The number of hydrogen-bond acceptors (Lipinski definition) is 3. The number of pyridine rings is 1. The highest BCUT2D eigenvalue weighted by Gasteiger charge is 1.83. The van der Waals surface area contributed by atoms with Crippen LogP contribution in [0.5, 0.6) is 0 Å². The van der Waals surface area contributed by atoms with Gasteiger partial charge in [-0.1, -0.05) is 6.07 Å². The van der Waals surface area contributed by atoms with E-state index >= 15 is 0 Å². The summed E-state index contributed by atoms with van der Waals surface area (Å²) < 4.78 is 0. The maximum atomic E-state index is 5.20. The first-order valence-electron chi connectivity index (χ1n) is 2.21. The lowest BCUT2D eigenvalue weighted by molar-refractivity contribution is 1.14. The number of hydrogen-bond donors (Lipinski definition) is 1. The van der Waals surface area contributed by atoms with Crippen LogP contribution in [0.4, 0.5) is 0 Å². The van der Waals surface area contributed by atoms with Gasteiger partial charge in [0.25, 0.3) is 0 Å². The Morgan fingerprint density at radius 3 is 2.75 bits per heavy atom. The van der Waals surface area contributed by atoms with Gasteiger partial charge < -0.3 is 0 Å². The number of aromatic nitrogens is 1. The molecule has 0 radical (unpaired) electrons. The smallest absolute Gasteiger partial charge is 0.111 e. The van der Waals surface area contributed by atoms with Crippen molar-refractivity contribution in [2.45, 2.75) is 5.03 Å². The highest BCUT2D eigenvalue weighted by Crippen LogP contribution is 2.03. The van der Waals surface area contributed by atoms with Gasteiger partial charge in [-0.2, -0.15) is 0 Å². The molecule has 0 aliphatic carbocycles. The Labute approximate surface area is 52.2 Å². The Morgan fingerprint density at radius 1 is 1.50 bits per heavy atom. The molecule has 0 aromatic carbocycles. The van der Waals surface area contributed by atoms with Crippen molar-refractivity contribution >= 4 is 11.9 Å². The average molecular weight is 126 g/mol. The van der Waals surface area contributed by atoms with Gasteiger partial charge in [0, 0.05) is 6.20 Å². The van der Waals surface area contributed by atoms with E-state index in [1.807, 2.05) is 18.2 Å². The zero-order valence-corrected chi connectivity index (χ0v) is 5.06. The molecule has 3 heteroatoms. The van der Waals surface area contributed by atoms with Crippen LogP contribution in [0.2, 0.25) is 0 Å². The van der Waals surface area contributed by atoms with Gasteiger partial charge in [0.15, 0.2) is 0 Å². The molecule has 1 heterocycles. The molecule has 8 heavy (non-hydrogen) atoms. The maximum Gasteiger partial charge on any atom is 0.111 e. The monoisotopic (exact) mass is 126 g/mol. The van der Waals surface area contributed by atoms with Gasteiger partial charge in [-0.15, -0.1) is 0 Å². The standard InChI is InChI=1S/C5H6N2S/c6-8-5-3-1-2-4-7-5/h1-4H,6H2. The largest absolute Gasteiger partial charge is 0.272 e. The van der Waals surface area contributed by atoms with E-state index in [1.54, 1.807) is 6.20 Å². The van der Waals surface area contributed by atoms with Crippen LogP contribution in [0.15, 0.2) is 29.4 Å². The maximum absolute atomic E-state index is 5.20. The van der Waals surface area contributed by atoms with Crippen LogP contribution in [0.25, 0.3) is 0 Å². The Kier molecular flexibility index (Phi) is 1.88. The summed E-state index contributed by atoms with van der Waals surface area (Å²) in [6.45, 7) is 0. The summed E-state index contributed by atoms with van der Waals surface area (Å²) in [4.78, 5) is 3.94. The average Bonchev–Trinajstić information content (AvgIpc) is 1.90. The summed E-state index contributed by atoms with van der Waals surface area (Å²) in [7, 11) is 0. The summed E-state index contributed by atoms with van der Waals surface area (Å²) in [6.07, 6.45) is 1.72. The van der Waals surface area contributed by atoms with Gasteiger partial charge in [-0.3, -0.25) is 5.14 Å². The van der Waals surface area contributed by atoms with Crippen molar-refractivity contribution < 1.29 is 0 Å². The van der Waals surface area contributed by atoms with Gasteiger partial charge in [0.1, 0.15) is 5.03 Å². The minimum absolute atomic E-state index is 0.854. The third-order valence-electron chi connectivity index (χ3n) is 0.759. The van der Waals surface area contributed by atoms with Gasteiger partial charge in [0.2, 0.25) is 0 Å². The number of rotatable bonds is 1. The molecule has 1 rings (SSSR count). The van der Waals surface area contributed by atoms with Crippen molar-refractivity contribution in [2.24, 2.45) is 5.14 Å². The lowest BCUT2D eigenvalue weighted by atomic mass is 10.5. The molecule has 0 saturated carbocycles.